The smallest absolute Gasteiger partial charge is 0.308 e. The zero-order valence-electron chi connectivity index (χ0n) is 20.7. The van der Waals surface area contributed by atoms with E-state index in [1.807, 2.05) is 6.07 Å². The third kappa shape index (κ3) is 7.33. The number of rotatable bonds is 11. The molecule has 37 heavy (non-hydrogen) atoms. The molecular weight excluding hydrogens is 518 g/mol. The number of hydrogen-bond donors (Lipinski definition) is 1. The van der Waals surface area contributed by atoms with Crippen LogP contribution < -0.4 is 4.74 Å². The van der Waals surface area contributed by atoms with E-state index in [4.69, 9.17) is 16.3 Å². The maximum Gasteiger partial charge on any atom is 0.308 e. The van der Waals surface area contributed by atoms with Crippen molar-refractivity contribution in [3.63, 3.8) is 0 Å². The molecule has 198 valence electrons. The van der Waals surface area contributed by atoms with E-state index in [1.54, 1.807) is 37.6 Å². The first-order valence-corrected chi connectivity index (χ1v) is 13.8. The van der Waals surface area contributed by atoms with Crippen molar-refractivity contribution < 1.29 is 23.4 Å². The number of aromatic nitrogens is 1. The number of aliphatic carboxylic acids is 1. The summed E-state index contributed by atoms with van der Waals surface area (Å²) >= 11 is 7.45. The minimum absolute atomic E-state index is 0.0709. The molecule has 0 bridgehead atoms. The van der Waals surface area contributed by atoms with Gasteiger partial charge in [-0.2, -0.15) is 0 Å². The van der Waals surface area contributed by atoms with Crippen molar-refractivity contribution in [3.8, 4) is 5.75 Å². The Balaban J connectivity index is 1.29. The summed E-state index contributed by atoms with van der Waals surface area (Å²) in [6, 6.07) is 11.6. The zero-order valence-corrected chi connectivity index (χ0v) is 22.3. The fourth-order valence-electron chi connectivity index (χ4n) is 5.05. The summed E-state index contributed by atoms with van der Waals surface area (Å²) in [5.41, 5.74) is 1.27. The Hall–Kier alpha value is -2.42. The summed E-state index contributed by atoms with van der Waals surface area (Å²) in [5.74, 6) is -0.346. The van der Waals surface area contributed by atoms with Gasteiger partial charge in [0, 0.05) is 28.0 Å². The Bertz CT molecular complexity index is 1210. The molecule has 0 aliphatic carbocycles. The van der Waals surface area contributed by atoms with E-state index in [1.165, 1.54) is 23.9 Å². The lowest BCUT2D eigenvalue weighted by atomic mass is 9.81. The molecule has 0 spiro atoms. The van der Waals surface area contributed by atoms with Crippen LogP contribution in [0.2, 0.25) is 5.02 Å². The molecule has 2 aromatic carbocycles. The van der Waals surface area contributed by atoms with Gasteiger partial charge in [0.1, 0.15) is 17.7 Å². The summed E-state index contributed by atoms with van der Waals surface area (Å²) in [5, 5.41) is 11.0. The van der Waals surface area contributed by atoms with Gasteiger partial charge in [-0.15, -0.1) is 11.8 Å². The third-order valence-corrected chi connectivity index (χ3v) is 8.27. The van der Waals surface area contributed by atoms with Crippen LogP contribution in [0.15, 0.2) is 53.6 Å². The monoisotopic (exact) mass is 548 g/mol. The Morgan fingerprint density at radius 1 is 1.30 bits per heavy atom. The van der Waals surface area contributed by atoms with Crippen LogP contribution in [0.4, 0.5) is 8.78 Å². The van der Waals surface area contributed by atoms with Crippen molar-refractivity contribution in [2.24, 2.45) is 11.8 Å². The number of thioether (sulfide) groups is 1. The average molecular weight is 549 g/mol. The lowest BCUT2D eigenvalue weighted by molar-refractivity contribution is -0.146. The number of fused-ring (bicyclic) bond motifs is 1. The number of nitrogens with zero attached hydrogens (tertiary/aromatic N) is 2. The molecule has 5 nitrogen and oxygen atoms in total. The second-order valence-electron chi connectivity index (χ2n) is 9.43. The van der Waals surface area contributed by atoms with Crippen molar-refractivity contribution in [1.29, 1.82) is 0 Å². The molecule has 0 radical (unpaired) electrons. The molecule has 1 aliphatic rings. The molecule has 1 aromatic heterocycles. The predicted molar refractivity (Wildman–Crippen MR) is 144 cm³/mol. The van der Waals surface area contributed by atoms with E-state index in [9.17, 15) is 14.3 Å². The van der Waals surface area contributed by atoms with Crippen molar-refractivity contribution >= 4 is 40.2 Å². The molecule has 1 N–H and O–H groups in total. The number of hydrogen-bond acceptors (Lipinski definition) is 5. The number of carboxylic acids is 1. The molecule has 9 heteroatoms. The van der Waals surface area contributed by atoms with E-state index in [-0.39, 0.29) is 18.2 Å². The topological polar surface area (TPSA) is 62.7 Å². The second kappa shape index (κ2) is 12.9. The summed E-state index contributed by atoms with van der Waals surface area (Å²) in [6.07, 6.45) is 2.74. The molecule has 0 amide bonds. The highest BCUT2D eigenvalue weighted by Gasteiger charge is 2.34. The number of benzene rings is 2. The maximum absolute atomic E-state index is 15.4. The molecule has 3 atom stereocenters. The maximum atomic E-state index is 15.4. The van der Waals surface area contributed by atoms with Gasteiger partial charge in [0.2, 0.25) is 0 Å². The number of halogens is 3. The first-order valence-electron chi connectivity index (χ1n) is 12.4. The number of ether oxygens (including phenoxy) is 1. The Labute approximate surface area is 225 Å². The molecule has 0 saturated carbocycles. The normalized spacial score (nSPS) is 19.1. The highest BCUT2D eigenvalue weighted by atomic mass is 35.5. The van der Waals surface area contributed by atoms with Gasteiger partial charge in [-0.25, -0.2) is 8.78 Å². The van der Waals surface area contributed by atoms with E-state index >= 15 is 4.39 Å². The van der Waals surface area contributed by atoms with Crippen LogP contribution in [0, 0.1) is 17.7 Å². The van der Waals surface area contributed by atoms with Gasteiger partial charge in [-0.05, 0) is 98.5 Å². The molecule has 1 fully saturated rings. The summed E-state index contributed by atoms with van der Waals surface area (Å²) in [4.78, 5) is 19.3. The fourth-order valence-corrected chi connectivity index (χ4v) is 6.25. The summed E-state index contributed by atoms with van der Waals surface area (Å²) < 4.78 is 34.2. The van der Waals surface area contributed by atoms with Gasteiger partial charge in [0.25, 0.3) is 0 Å². The number of alkyl halides is 1. The number of pyridine rings is 1. The minimum Gasteiger partial charge on any atom is -0.497 e. The van der Waals surface area contributed by atoms with Gasteiger partial charge >= 0.3 is 5.97 Å². The van der Waals surface area contributed by atoms with Crippen LogP contribution in [0.25, 0.3) is 10.9 Å². The SMILES string of the molecule is COc1ccc2nccc(C(F)CC[C@@H]3CCN(CCCSc4cc(F)cc(Cl)c4)C[C@@H]3C(=O)O)c2c1. The van der Waals surface area contributed by atoms with Crippen molar-refractivity contribution in [2.75, 3.05) is 32.5 Å². The Morgan fingerprint density at radius 2 is 2.14 bits per heavy atom. The van der Waals surface area contributed by atoms with Gasteiger partial charge < -0.3 is 14.7 Å². The van der Waals surface area contributed by atoms with Gasteiger partial charge in [-0.3, -0.25) is 9.78 Å². The standard InChI is InChI=1S/C28H31ClF2N2O3S/c1-36-21-4-6-27-24(16-21)23(7-9-32-27)26(31)5-3-18-8-11-33(17-25(18)28(34)35)10-2-12-37-22-14-19(29)13-20(30)15-22/h4,6-7,9,13-16,18,25-26H,2-3,5,8,10-12,17H2,1H3,(H,34,35)/t18-,25+,26?/m1/s1. The van der Waals surface area contributed by atoms with Crippen molar-refractivity contribution in [1.82, 2.24) is 9.88 Å². The first-order chi connectivity index (χ1) is 17.8. The van der Waals surface area contributed by atoms with Crippen LogP contribution in [0.5, 0.6) is 5.75 Å². The number of piperidine rings is 1. The molecule has 1 aliphatic heterocycles. The summed E-state index contributed by atoms with van der Waals surface area (Å²) in [6.45, 7) is 2.02. The van der Waals surface area contributed by atoms with Gasteiger partial charge in [-0.1, -0.05) is 11.6 Å². The van der Waals surface area contributed by atoms with E-state index in [2.05, 4.69) is 9.88 Å². The average Bonchev–Trinajstić information content (AvgIpc) is 2.88. The number of methoxy groups -OCH3 is 1. The van der Waals surface area contributed by atoms with Crippen LogP contribution in [0.1, 0.15) is 37.4 Å². The molecule has 3 aromatic rings. The molecule has 2 heterocycles. The highest BCUT2D eigenvalue weighted by molar-refractivity contribution is 7.99. The largest absolute Gasteiger partial charge is 0.497 e. The molecule has 4 rings (SSSR count). The lowest BCUT2D eigenvalue weighted by Crippen LogP contribution is -2.44. The third-order valence-electron chi connectivity index (χ3n) is 6.99. The zero-order chi connectivity index (χ0) is 26.4. The van der Waals surface area contributed by atoms with Crippen LogP contribution >= 0.6 is 23.4 Å². The fraction of sp³-hybridized carbons (Fsp3) is 0.429. The quantitative estimate of drug-likeness (QED) is 0.205. The highest BCUT2D eigenvalue weighted by Crippen LogP contribution is 2.35. The lowest BCUT2D eigenvalue weighted by Gasteiger charge is -2.36. The molecular formula is C28H31ClF2N2O3S. The van der Waals surface area contributed by atoms with Gasteiger partial charge in [0.15, 0.2) is 0 Å². The minimum atomic E-state index is -1.21. The number of likely N-dealkylation sites (tertiary alicyclic amines) is 1. The van der Waals surface area contributed by atoms with Crippen LogP contribution in [0.3, 0.4) is 0 Å². The first kappa shape index (κ1) is 27.6. The van der Waals surface area contributed by atoms with Gasteiger partial charge in [0.05, 0.1) is 18.5 Å². The van der Waals surface area contributed by atoms with E-state index in [0.717, 1.165) is 42.0 Å². The Kier molecular flexibility index (Phi) is 9.62. The predicted octanol–water partition coefficient (Wildman–Crippen LogP) is 7.03. The van der Waals surface area contributed by atoms with Crippen LogP contribution in [-0.4, -0.2) is 53.5 Å². The summed E-state index contributed by atoms with van der Waals surface area (Å²) in [7, 11) is 1.57. The van der Waals surface area contributed by atoms with Crippen LogP contribution in [-0.2, 0) is 4.79 Å². The van der Waals surface area contributed by atoms with Crippen molar-refractivity contribution in [2.45, 2.75) is 36.8 Å². The molecule has 1 unspecified atom stereocenters. The number of carboxylic acid groups (broad SMARTS) is 1. The molecule has 1 saturated heterocycles. The number of carbonyl (C=O) groups is 1. The van der Waals surface area contributed by atoms with Crippen molar-refractivity contribution in [3.05, 3.63) is 65.1 Å². The van der Waals surface area contributed by atoms with E-state index in [0.29, 0.717) is 34.8 Å². The Morgan fingerprint density at radius 3 is 2.89 bits per heavy atom. The second-order valence-corrected chi connectivity index (χ2v) is 11.0. The van der Waals surface area contributed by atoms with E-state index < -0.39 is 18.1 Å².